The monoisotopic (exact) mass is 355 g/mol. The van der Waals surface area contributed by atoms with Crippen molar-refractivity contribution in [3.63, 3.8) is 0 Å². The summed E-state index contributed by atoms with van der Waals surface area (Å²) in [6.07, 6.45) is 0.168. The number of carbonyl (C=O) groups is 3. The van der Waals surface area contributed by atoms with Gasteiger partial charge in [0.25, 0.3) is 6.47 Å². The maximum Gasteiger partial charge on any atom is 0.312 e. The van der Waals surface area contributed by atoms with Gasteiger partial charge in [-0.05, 0) is 12.5 Å². The van der Waals surface area contributed by atoms with Crippen molar-refractivity contribution in [3.8, 4) is 5.75 Å². The molecule has 8 nitrogen and oxygen atoms in total. The number of ether oxygens (including phenoxy) is 1. The van der Waals surface area contributed by atoms with Crippen LogP contribution in [0.1, 0.15) is 12.0 Å². The van der Waals surface area contributed by atoms with Gasteiger partial charge in [-0.2, -0.15) is 0 Å². The second kappa shape index (κ2) is 6.67. The lowest BCUT2D eigenvalue weighted by molar-refractivity contribution is -0.151. The van der Waals surface area contributed by atoms with Crippen LogP contribution in [0, 0.1) is 16.6 Å². The van der Waals surface area contributed by atoms with Crippen molar-refractivity contribution in [2.45, 2.75) is 13.0 Å². The molecule has 0 radical (unpaired) electrons. The fourth-order valence-corrected chi connectivity index (χ4v) is 3.60. The van der Waals surface area contributed by atoms with Crippen molar-refractivity contribution in [1.82, 2.24) is 4.90 Å². The predicted octanol–water partition coefficient (Wildman–Crippen LogP) is 0.896. The summed E-state index contributed by atoms with van der Waals surface area (Å²) in [4.78, 5) is 33.1. The normalized spacial score (nSPS) is 26.8. The molecule has 1 saturated carbocycles. The molecular formula is C16H18FNO7. The average Bonchev–Trinajstić information content (AvgIpc) is 3.09. The highest BCUT2D eigenvalue weighted by Crippen LogP contribution is 2.68. The number of methoxy groups -OCH3 is 1. The summed E-state index contributed by atoms with van der Waals surface area (Å²) in [7, 11) is 1.43. The molecule has 3 N–H and O–H groups in total. The van der Waals surface area contributed by atoms with Crippen LogP contribution in [0.5, 0.6) is 5.75 Å². The molecule has 1 saturated heterocycles. The van der Waals surface area contributed by atoms with Gasteiger partial charge in [0.05, 0.1) is 17.9 Å². The Labute approximate surface area is 142 Å². The maximum absolute atomic E-state index is 13.2. The highest BCUT2D eigenvalue weighted by molar-refractivity contribution is 5.94. The van der Waals surface area contributed by atoms with Gasteiger partial charge in [-0.25, -0.2) is 4.39 Å². The van der Waals surface area contributed by atoms with Crippen LogP contribution in [0.2, 0.25) is 0 Å². The number of nitrogens with zero attached hydrogens (tertiary/aromatic N) is 1. The molecule has 0 amide bonds. The topological polar surface area (TPSA) is 124 Å². The van der Waals surface area contributed by atoms with E-state index in [9.17, 15) is 24.2 Å². The number of carboxylic acids is 2. The lowest BCUT2D eigenvalue weighted by atomic mass is 9.97. The molecule has 2 atom stereocenters. The first-order valence-electron chi connectivity index (χ1n) is 7.36. The molecule has 1 aliphatic heterocycles. The van der Waals surface area contributed by atoms with Gasteiger partial charge in [0.15, 0.2) is 0 Å². The zero-order valence-electron chi connectivity index (χ0n) is 13.4. The molecular weight excluding hydrogens is 337 g/mol. The molecule has 1 aromatic rings. The first kappa shape index (κ1) is 18.7. The molecule has 0 spiro atoms. The van der Waals surface area contributed by atoms with E-state index >= 15 is 0 Å². The van der Waals surface area contributed by atoms with Gasteiger partial charge in [0.1, 0.15) is 11.6 Å². The second-order valence-electron chi connectivity index (χ2n) is 6.16. The van der Waals surface area contributed by atoms with Crippen molar-refractivity contribution < 1.29 is 38.8 Å². The first-order valence-corrected chi connectivity index (χ1v) is 7.36. The minimum atomic E-state index is -1.20. The largest absolute Gasteiger partial charge is 0.496 e. The summed E-state index contributed by atoms with van der Waals surface area (Å²) in [5, 5.41) is 25.7. The number of fused-ring (bicyclic) bond motifs is 1. The van der Waals surface area contributed by atoms with Gasteiger partial charge in [0, 0.05) is 31.3 Å². The highest BCUT2D eigenvalue weighted by Gasteiger charge is 2.80. The number of aliphatic carboxylic acids is 2. The smallest absolute Gasteiger partial charge is 0.312 e. The number of likely N-dealkylation sites (tertiary alicyclic amines) is 1. The fourth-order valence-electron chi connectivity index (χ4n) is 3.60. The number of hydrogen-bond acceptors (Lipinski definition) is 5. The van der Waals surface area contributed by atoms with Crippen LogP contribution < -0.4 is 4.74 Å². The summed E-state index contributed by atoms with van der Waals surface area (Å²) in [6, 6.07) is 4.12. The Kier molecular flexibility index (Phi) is 4.98. The highest BCUT2D eigenvalue weighted by atomic mass is 19.1. The maximum atomic E-state index is 13.2. The SMILES string of the molecule is COc1cc(F)ccc1CN1C[C@@]2(C(=O)O)C[C@@]2(C(=O)O)C1.O=CO. The standard InChI is InChI=1S/C15H16FNO5.CH2O2/c1-22-11-4-10(16)3-2-9(11)5-17-7-14(12(18)19)6-15(14,8-17)13(20)21;2-1-3/h2-4H,5-8H2,1H3,(H,18,19)(H,20,21);1H,(H,2,3)/t14-,15+;. The molecule has 1 aromatic carbocycles. The zero-order chi connectivity index (χ0) is 18.8. The predicted molar refractivity (Wildman–Crippen MR) is 81.7 cm³/mol. The van der Waals surface area contributed by atoms with E-state index < -0.39 is 28.6 Å². The number of piperidine rings is 1. The third-order valence-corrected chi connectivity index (χ3v) is 4.84. The minimum Gasteiger partial charge on any atom is -0.496 e. The lowest BCUT2D eigenvalue weighted by Gasteiger charge is -2.20. The summed E-state index contributed by atoms with van der Waals surface area (Å²) >= 11 is 0. The molecule has 9 heteroatoms. The van der Waals surface area contributed by atoms with Gasteiger partial charge in [-0.3, -0.25) is 19.3 Å². The number of rotatable bonds is 5. The van der Waals surface area contributed by atoms with E-state index in [0.717, 1.165) is 0 Å². The van der Waals surface area contributed by atoms with Crippen LogP contribution in [-0.4, -0.2) is 58.8 Å². The van der Waals surface area contributed by atoms with Crippen LogP contribution >= 0.6 is 0 Å². The Morgan fingerprint density at radius 1 is 1.28 bits per heavy atom. The van der Waals surface area contributed by atoms with Crippen molar-refractivity contribution >= 4 is 18.4 Å². The number of carboxylic acid groups (broad SMARTS) is 3. The van der Waals surface area contributed by atoms with E-state index in [1.165, 1.54) is 19.2 Å². The van der Waals surface area contributed by atoms with Crippen molar-refractivity contribution in [1.29, 1.82) is 0 Å². The molecule has 0 unspecified atom stereocenters. The Balaban J connectivity index is 0.000000701. The van der Waals surface area contributed by atoms with E-state index in [-0.39, 0.29) is 26.0 Å². The van der Waals surface area contributed by atoms with Gasteiger partial charge in [-0.1, -0.05) is 6.07 Å². The van der Waals surface area contributed by atoms with E-state index in [0.29, 0.717) is 17.9 Å². The van der Waals surface area contributed by atoms with Crippen LogP contribution in [0.25, 0.3) is 0 Å². The number of halogens is 1. The summed E-state index contributed by atoms with van der Waals surface area (Å²) < 4.78 is 18.3. The molecule has 3 rings (SSSR count). The second-order valence-corrected chi connectivity index (χ2v) is 6.16. The molecule has 136 valence electrons. The van der Waals surface area contributed by atoms with E-state index in [1.54, 1.807) is 11.0 Å². The molecule has 1 aliphatic carbocycles. The van der Waals surface area contributed by atoms with Crippen LogP contribution in [-0.2, 0) is 20.9 Å². The number of benzene rings is 1. The third kappa shape index (κ3) is 3.02. The van der Waals surface area contributed by atoms with Gasteiger partial charge in [-0.15, -0.1) is 0 Å². The Morgan fingerprint density at radius 2 is 1.80 bits per heavy atom. The number of hydrogen-bond donors (Lipinski definition) is 3. The van der Waals surface area contributed by atoms with Crippen molar-refractivity contribution in [2.24, 2.45) is 10.8 Å². The zero-order valence-corrected chi connectivity index (χ0v) is 13.4. The van der Waals surface area contributed by atoms with Gasteiger partial charge < -0.3 is 20.1 Å². The summed E-state index contributed by atoms with van der Waals surface area (Å²) in [5.41, 5.74) is -1.70. The molecule has 0 bridgehead atoms. The fraction of sp³-hybridized carbons (Fsp3) is 0.438. The Hall–Kier alpha value is -2.68. The summed E-state index contributed by atoms with van der Waals surface area (Å²) in [6.45, 7) is 0.428. The Morgan fingerprint density at radius 3 is 2.24 bits per heavy atom. The Bertz CT molecular complexity index is 682. The first-order chi connectivity index (χ1) is 11.8. The van der Waals surface area contributed by atoms with Crippen molar-refractivity contribution in [3.05, 3.63) is 29.6 Å². The third-order valence-electron chi connectivity index (χ3n) is 4.84. The quantitative estimate of drug-likeness (QED) is 0.666. The molecule has 25 heavy (non-hydrogen) atoms. The molecule has 0 aromatic heterocycles. The van der Waals surface area contributed by atoms with E-state index in [4.69, 9.17) is 14.6 Å². The van der Waals surface area contributed by atoms with Gasteiger partial charge in [0.2, 0.25) is 0 Å². The molecule has 2 fully saturated rings. The average molecular weight is 355 g/mol. The lowest BCUT2D eigenvalue weighted by Crippen LogP contribution is -2.28. The summed E-state index contributed by atoms with van der Waals surface area (Å²) in [5.74, 6) is -2.19. The van der Waals surface area contributed by atoms with Gasteiger partial charge >= 0.3 is 11.9 Å². The molecule has 2 aliphatic rings. The van der Waals surface area contributed by atoms with Crippen LogP contribution in [0.4, 0.5) is 4.39 Å². The van der Waals surface area contributed by atoms with Crippen molar-refractivity contribution in [2.75, 3.05) is 20.2 Å². The van der Waals surface area contributed by atoms with E-state index in [2.05, 4.69) is 0 Å². The van der Waals surface area contributed by atoms with Crippen LogP contribution in [0.3, 0.4) is 0 Å². The van der Waals surface area contributed by atoms with E-state index in [1.807, 2.05) is 0 Å². The molecule has 1 heterocycles. The minimum absolute atomic E-state index is 0.168. The van der Waals surface area contributed by atoms with Crippen LogP contribution in [0.15, 0.2) is 18.2 Å².